The van der Waals surface area contributed by atoms with Crippen molar-refractivity contribution < 1.29 is 4.79 Å². The van der Waals surface area contributed by atoms with Crippen LogP contribution >= 0.6 is 0 Å². The monoisotopic (exact) mass is 295 g/mol. The summed E-state index contributed by atoms with van der Waals surface area (Å²) in [6, 6.07) is 8.84. The van der Waals surface area contributed by atoms with Crippen molar-refractivity contribution in [1.82, 2.24) is 14.8 Å². The number of carbonyl (C=O) groups excluding carboxylic acids is 1. The van der Waals surface area contributed by atoms with Crippen LogP contribution < -0.4 is 0 Å². The van der Waals surface area contributed by atoms with E-state index in [1.54, 1.807) is 0 Å². The molecule has 1 N–H and O–H groups in total. The van der Waals surface area contributed by atoms with E-state index < -0.39 is 0 Å². The van der Waals surface area contributed by atoms with Crippen molar-refractivity contribution >= 4 is 16.7 Å². The van der Waals surface area contributed by atoms with Crippen LogP contribution in [0.4, 0.5) is 0 Å². The van der Waals surface area contributed by atoms with Crippen molar-refractivity contribution in [1.29, 1.82) is 0 Å². The van der Waals surface area contributed by atoms with Gasteiger partial charge in [0, 0.05) is 37.9 Å². The van der Waals surface area contributed by atoms with Gasteiger partial charge in [0.25, 0.3) is 0 Å². The number of benzene rings is 1. The largest absolute Gasteiger partial charge is 0.361 e. The third-order valence-electron chi connectivity index (χ3n) is 5.87. The topological polar surface area (TPSA) is 39.3 Å². The van der Waals surface area contributed by atoms with Crippen LogP contribution in [0.5, 0.6) is 0 Å². The van der Waals surface area contributed by atoms with Gasteiger partial charge in [-0.15, -0.1) is 0 Å². The molecule has 0 spiro atoms. The molecule has 0 radical (unpaired) electrons. The normalized spacial score (nSPS) is 43.2. The molecule has 0 saturated carbocycles. The van der Waals surface area contributed by atoms with Crippen LogP contribution in [0.3, 0.4) is 0 Å². The third kappa shape index (κ3) is 1.47. The zero-order chi connectivity index (χ0) is 15.1. The van der Waals surface area contributed by atoms with Crippen molar-refractivity contribution in [2.24, 2.45) is 10.8 Å². The molecule has 4 fully saturated rings. The molecule has 5 heterocycles. The van der Waals surface area contributed by atoms with Crippen molar-refractivity contribution in [3.63, 3.8) is 0 Å². The maximum Gasteiger partial charge on any atom is 0.149 e. The fourth-order valence-electron chi connectivity index (χ4n) is 5.25. The predicted molar refractivity (Wildman–Crippen MR) is 85.4 cm³/mol. The van der Waals surface area contributed by atoms with Crippen molar-refractivity contribution in [3.05, 3.63) is 36.0 Å². The second kappa shape index (κ2) is 3.81. The van der Waals surface area contributed by atoms with Gasteiger partial charge < -0.3 is 4.98 Å². The molecule has 114 valence electrons. The molecule has 4 nitrogen and oxygen atoms in total. The molecule has 0 unspecified atom stereocenters. The molecule has 6 rings (SSSR count). The molecular weight excluding hydrogens is 274 g/mol. The van der Waals surface area contributed by atoms with Gasteiger partial charge in [-0.05, 0) is 29.1 Å². The van der Waals surface area contributed by atoms with E-state index in [0.29, 0.717) is 11.9 Å². The Kier molecular flexibility index (Phi) is 2.23. The molecule has 0 amide bonds. The van der Waals surface area contributed by atoms with E-state index >= 15 is 0 Å². The number of H-pyrrole nitrogens is 1. The average molecular weight is 295 g/mol. The Morgan fingerprint density at radius 1 is 1.05 bits per heavy atom. The number of Topliss-reactive ketones (excluding diaryl/α,β-unsaturated/α-hetero) is 1. The summed E-state index contributed by atoms with van der Waals surface area (Å²) in [7, 11) is 0. The summed E-state index contributed by atoms with van der Waals surface area (Å²) in [6.07, 6.45) is 2.32. The van der Waals surface area contributed by atoms with Crippen LogP contribution in [-0.2, 0) is 4.79 Å². The van der Waals surface area contributed by atoms with Crippen molar-refractivity contribution in [3.8, 4) is 0 Å². The number of piperidine rings is 2. The van der Waals surface area contributed by atoms with Crippen LogP contribution in [0.15, 0.2) is 30.5 Å². The van der Waals surface area contributed by atoms with Crippen LogP contribution in [0.1, 0.15) is 25.6 Å². The zero-order valence-electron chi connectivity index (χ0n) is 13.1. The molecule has 4 heteroatoms. The molecule has 1 aromatic heterocycles. The summed E-state index contributed by atoms with van der Waals surface area (Å²) in [4.78, 5) is 21.0. The lowest BCUT2D eigenvalue weighted by molar-refractivity contribution is -0.197. The minimum atomic E-state index is -0.181. The highest BCUT2D eigenvalue weighted by Crippen LogP contribution is 2.52. The lowest BCUT2D eigenvalue weighted by Gasteiger charge is -2.64. The molecule has 22 heavy (non-hydrogen) atoms. The summed E-state index contributed by atoms with van der Waals surface area (Å²) < 4.78 is 0. The number of hydrogen-bond acceptors (Lipinski definition) is 3. The van der Waals surface area contributed by atoms with E-state index in [1.165, 1.54) is 16.5 Å². The fourth-order valence-corrected chi connectivity index (χ4v) is 5.25. The maximum absolute atomic E-state index is 12.7. The van der Waals surface area contributed by atoms with Gasteiger partial charge in [0.2, 0.25) is 0 Å². The first-order valence-electron chi connectivity index (χ1n) is 8.09. The quantitative estimate of drug-likeness (QED) is 0.878. The second-order valence-corrected chi connectivity index (χ2v) is 7.96. The first kappa shape index (κ1) is 12.9. The number of ketones is 1. The van der Waals surface area contributed by atoms with Gasteiger partial charge in [0.05, 0.1) is 17.0 Å². The number of hydrogen-bond donors (Lipinski definition) is 1. The Morgan fingerprint density at radius 3 is 2.32 bits per heavy atom. The Balaban J connectivity index is 1.59. The minimum absolute atomic E-state index is 0.181. The molecule has 0 atom stereocenters. The second-order valence-electron chi connectivity index (χ2n) is 7.96. The Bertz CT molecular complexity index is 752. The summed E-state index contributed by atoms with van der Waals surface area (Å²) >= 11 is 0. The minimum Gasteiger partial charge on any atom is -0.361 e. The first-order chi connectivity index (χ1) is 10.5. The Hall–Kier alpha value is -1.65. The highest BCUT2D eigenvalue weighted by Gasteiger charge is 2.61. The van der Waals surface area contributed by atoms with Crippen LogP contribution in [0.2, 0.25) is 0 Å². The highest BCUT2D eigenvalue weighted by atomic mass is 16.1. The van der Waals surface area contributed by atoms with E-state index in [-0.39, 0.29) is 10.8 Å². The molecule has 0 aliphatic carbocycles. The smallest absolute Gasteiger partial charge is 0.149 e. The SMILES string of the molecule is CC12CN3CC(C)(CN(C1)C3c1ccc3[nH]ccc3c1)C2=O. The molecule has 2 aromatic rings. The van der Waals surface area contributed by atoms with Gasteiger partial charge in [-0.2, -0.15) is 0 Å². The number of aromatic nitrogens is 1. The van der Waals surface area contributed by atoms with Crippen LogP contribution in [-0.4, -0.2) is 46.7 Å². The van der Waals surface area contributed by atoms with Crippen molar-refractivity contribution in [2.45, 2.75) is 20.0 Å². The standard InChI is InChI=1S/C18H21N3O/c1-17-8-20-10-18(2,16(17)22)11-21(9-17)15(20)13-3-4-14-12(7-13)5-6-19-14/h3-7,15,19H,8-11H2,1-2H3. The number of nitrogens with zero attached hydrogens (tertiary/aromatic N) is 2. The molecule has 4 bridgehead atoms. The van der Waals surface area contributed by atoms with Gasteiger partial charge in [-0.3, -0.25) is 14.6 Å². The molecule has 4 aliphatic heterocycles. The van der Waals surface area contributed by atoms with E-state index in [1.807, 2.05) is 6.20 Å². The molecule has 4 aliphatic rings. The van der Waals surface area contributed by atoms with Gasteiger partial charge in [0.15, 0.2) is 0 Å². The highest BCUT2D eigenvalue weighted by molar-refractivity contribution is 5.92. The summed E-state index contributed by atoms with van der Waals surface area (Å²) in [5, 5.41) is 1.27. The number of rotatable bonds is 1. The van der Waals surface area contributed by atoms with E-state index in [4.69, 9.17) is 0 Å². The van der Waals surface area contributed by atoms with E-state index in [0.717, 1.165) is 26.2 Å². The maximum atomic E-state index is 12.7. The number of aromatic amines is 1. The summed E-state index contributed by atoms with van der Waals surface area (Å²) in [5.74, 6) is 0.479. The summed E-state index contributed by atoms with van der Waals surface area (Å²) in [5.41, 5.74) is 2.18. The van der Waals surface area contributed by atoms with E-state index in [2.05, 4.69) is 52.9 Å². The van der Waals surface area contributed by atoms with Gasteiger partial charge in [-0.25, -0.2) is 0 Å². The lowest BCUT2D eigenvalue weighted by atomic mass is 9.62. The molecule has 4 saturated heterocycles. The number of carbonyl (C=O) groups is 1. The molecular formula is C18H21N3O. The molecule has 1 aromatic carbocycles. The van der Waals surface area contributed by atoms with Gasteiger partial charge in [-0.1, -0.05) is 19.9 Å². The Labute approximate surface area is 130 Å². The zero-order valence-corrected chi connectivity index (χ0v) is 13.1. The Morgan fingerprint density at radius 2 is 1.68 bits per heavy atom. The predicted octanol–water partition coefficient (Wildman–Crippen LogP) is 2.39. The average Bonchev–Trinajstić information content (AvgIpc) is 2.91. The summed E-state index contributed by atoms with van der Waals surface area (Å²) in [6.45, 7) is 7.89. The number of nitrogens with one attached hydrogen (secondary N) is 1. The fraction of sp³-hybridized carbons (Fsp3) is 0.500. The third-order valence-corrected chi connectivity index (χ3v) is 5.87. The first-order valence-corrected chi connectivity index (χ1v) is 8.09. The van der Waals surface area contributed by atoms with Gasteiger partial charge >= 0.3 is 0 Å². The lowest BCUT2D eigenvalue weighted by Crippen LogP contribution is -2.75. The number of fused-ring (bicyclic) bond motifs is 1. The van der Waals surface area contributed by atoms with E-state index in [9.17, 15) is 4.79 Å². The van der Waals surface area contributed by atoms with Gasteiger partial charge in [0.1, 0.15) is 5.78 Å². The van der Waals surface area contributed by atoms with Crippen molar-refractivity contribution in [2.75, 3.05) is 26.2 Å². The van der Waals surface area contributed by atoms with Crippen LogP contribution in [0, 0.1) is 10.8 Å². The van der Waals surface area contributed by atoms with Crippen LogP contribution in [0.25, 0.3) is 10.9 Å².